The molecule has 3 aliphatic rings. The zero-order chi connectivity index (χ0) is 16.7. The molecule has 5 nitrogen and oxygen atoms in total. The van der Waals surface area contributed by atoms with Crippen molar-refractivity contribution in [2.24, 2.45) is 5.92 Å². The van der Waals surface area contributed by atoms with Crippen LogP contribution in [0, 0.1) is 17.8 Å². The molecule has 2 aromatic rings. The van der Waals surface area contributed by atoms with E-state index < -0.39 is 0 Å². The Hall–Kier alpha value is -2.32. The first-order valence-electron chi connectivity index (χ1n) is 8.52. The van der Waals surface area contributed by atoms with Gasteiger partial charge in [-0.15, -0.1) is 5.92 Å². The number of nitrogens with zero attached hydrogens (tertiary/aromatic N) is 2. The minimum Gasteiger partial charge on any atom is -0.461 e. The van der Waals surface area contributed by atoms with Crippen molar-refractivity contribution in [3.8, 4) is 11.8 Å². The summed E-state index contributed by atoms with van der Waals surface area (Å²) in [5.74, 6) is 6.33. The van der Waals surface area contributed by atoms with Crippen LogP contribution in [0.4, 0.5) is 0 Å². The number of carbonyl (C=O) groups excluding carboxylic acids is 1. The molecular formula is C19H21N3O2. The fourth-order valence-electron chi connectivity index (χ4n) is 4.06. The highest BCUT2D eigenvalue weighted by Gasteiger charge is 2.40. The maximum atomic E-state index is 12.7. The lowest BCUT2D eigenvalue weighted by Crippen LogP contribution is -2.62. The van der Waals surface area contributed by atoms with Gasteiger partial charge in [0, 0.05) is 17.5 Å². The number of rotatable bonds is 2. The fourth-order valence-corrected chi connectivity index (χ4v) is 4.06. The number of furan rings is 1. The zero-order valence-corrected chi connectivity index (χ0v) is 14.0. The Balaban J connectivity index is 1.59. The molecular weight excluding hydrogens is 302 g/mol. The Bertz CT molecular complexity index is 835. The number of fused-ring (bicyclic) bond motifs is 4. The van der Waals surface area contributed by atoms with E-state index in [1.54, 1.807) is 25.5 Å². The third-order valence-electron chi connectivity index (χ3n) is 5.43. The average Bonchev–Trinajstić information content (AvgIpc) is 3.01. The third kappa shape index (κ3) is 2.47. The number of hydrogen-bond acceptors (Lipinski definition) is 4. The lowest BCUT2D eigenvalue weighted by atomic mass is 9.79. The van der Waals surface area contributed by atoms with Gasteiger partial charge in [0.1, 0.15) is 12.0 Å². The van der Waals surface area contributed by atoms with Crippen LogP contribution in [0.3, 0.4) is 0 Å². The number of hydrogen-bond donors (Lipinski definition) is 1. The summed E-state index contributed by atoms with van der Waals surface area (Å²) in [4.78, 5) is 19.4. The molecule has 2 bridgehead atoms. The third-order valence-corrected chi connectivity index (χ3v) is 5.43. The SMILES string of the molecule is CC#Cc1coc2cnc(C(=O)NC3C4CCN(CC4)C3C)cc12. The van der Waals surface area contributed by atoms with Gasteiger partial charge in [0.15, 0.2) is 5.58 Å². The molecule has 5 rings (SSSR count). The number of piperidine rings is 3. The first-order chi connectivity index (χ1) is 11.7. The summed E-state index contributed by atoms with van der Waals surface area (Å²) in [5, 5.41) is 4.05. The molecule has 2 unspecified atom stereocenters. The number of pyridine rings is 1. The first-order valence-corrected chi connectivity index (χ1v) is 8.52. The molecule has 5 heterocycles. The average molecular weight is 323 g/mol. The van der Waals surface area contributed by atoms with E-state index in [4.69, 9.17) is 4.42 Å². The van der Waals surface area contributed by atoms with E-state index in [9.17, 15) is 4.79 Å². The summed E-state index contributed by atoms with van der Waals surface area (Å²) in [5.41, 5.74) is 1.87. The van der Waals surface area contributed by atoms with Gasteiger partial charge in [-0.1, -0.05) is 5.92 Å². The maximum Gasteiger partial charge on any atom is 0.270 e. The lowest BCUT2D eigenvalue weighted by Gasteiger charge is -2.49. The quantitative estimate of drug-likeness (QED) is 0.862. The standard InChI is InChI=1S/C19H21N3O2/c1-3-4-14-11-24-17-10-20-16(9-15(14)17)19(23)21-18-12(2)22-7-5-13(18)6-8-22/h9-13,18H,5-8H2,1-2H3,(H,21,23). The van der Waals surface area contributed by atoms with Gasteiger partial charge in [-0.2, -0.15) is 0 Å². The molecule has 0 aromatic carbocycles. The van der Waals surface area contributed by atoms with Gasteiger partial charge in [-0.05, 0) is 51.8 Å². The van der Waals surface area contributed by atoms with Crippen LogP contribution >= 0.6 is 0 Å². The van der Waals surface area contributed by atoms with E-state index in [2.05, 4.69) is 34.0 Å². The molecule has 1 N–H and O–H groups in total. The molecule has 0 saturated carbocycles. The molecule has 0 radical (unpaired) electrons. The van der Waals surface area contributed by atoms with Crippen LogP contribution in [0.15, 0.2) is 22.9 Å². The molecule has 3 aliphatic heterocycles. The van der Waals surface area contributed by atoms with Gasteiger partial charge in [-0.25, -0.2) is 4.98 Å². The van der Waals surface area contributed by atoms with Gasteiger partial charge in [0.2, 0.25) is 0 Å². The van der Waals surface area contributed by atoms with Gasteiger partial charge in [0.05, 0.1) is 11.8 Å². The van der Waals surface area contributed by atoms with Crippen molar-refractivity contribution in [1.29, 1.82) is 0 Å². The molecule has 3 saturated heterocycles. The molecule has 0 spiro atoms. The molecule has 124 valence electrons. The topological polar surface area (TPSA) is 58.4 Å². The molecule has 0 aliphatic carbocycles. The van der Waals surface area contributed by atoms with Crippen molar-refractivity contribution in [2.75, 3.05) is 13.1 Å². The van der Waals surface area contributed by atoms with E-state index in [1.807, 2.05) is 0 Å². The van der Waals surface area contributed by atoms with Crippen LogP contribution in [-0.4, -0.2) is 41.0 Å². The summed E-state index contributed by atoms with van der Waals surface area (Å²) >= 11 is 0. The van der Waals surface area contributed by atoms with Gasteiger partial charge in [0.25, 0.3) is 5.91 Å². The van der Waals surface area contributed by atoms with Crippen molar-refractivity contribution in [3.63, 3.8) is 0 Å². The summed E-state index contributed by atoms with van der Waals surface area (Å²) in [6.07, 6.45) is 5.55. The van der Waals surface area contributed by atoms with Crippen LogP contribution in [0.2, 0.25) is 0 Å². The lowest BCUT2D eigenvalue weighted by molar-refractivity contribution is 0.0216. The largest absolute Gasteiger partial charge is 0.461 e. The zero-order valence-electron chi connectivity index (χ0n) is 14.0. The van der Waals surface area contributed by atoms with Crippen LogP contribution in [0.25, 0.3) is 11.0 Å². The highest BCUT2D eigenvalue weighted by atomic mass is 16.3. The number of nitrogens with one attached hydrogen (secondary N) is 1. The number of aromatic nitrogens is 1. The second-order valence-electron chi connectivity index (χ2n) is 6.70. The van der Waals surface area contributed by atoms with Crippen molar-refractivity contribution >= 4 is 16.9 Å². The highest BCUT2D eigenvalue weighted by molar-refractivity contribution is 5.97. The van der Waals surface area contributed by atoms with Crippen molar-refractivity contribution in [1.82, 2.24) is 15.2 Å². The van der Waals surface area contributed by atoms with Crippen LogP contribution < -0.4 is 5.32 Å². The second kappa shape index (κ2) is 5.95. The van der Waals surface area contributed by atoms with Crippen LogP contribution in [0.1, 0.15) is 42.7 Å². The molecule has 3 fully saturated rings. The number of carbonyl (C=O) groups is 1. The van der Waals surface area contributed by atoms with Gasteiger partial charge in [-0.3, -0.25) is 9.69 Å². The minimum absolute atomic E-state index is 0.112. The predicted molar refractivity (Wildman–Crippen MR) is 91.6 cm³/mol. The van der Waals surface area contributed by atoms with E-state index in [-0.39, 0.29) is 11.9 Å². The van der Waals surface area contributed by atoms with Crippen molar-refractivity contribution in [2.45, 2.75) is 38.8 Å². The van der Waals surface area contributed by atoms with Crippen molar-refractivity contribution < 1.29 is 9.21 Å². The maximum absolute atomic E-state index is 12.7. The summed E-state index contributed by atoms with van der Waals surface area (Å²) in [6, 6.07) is 2.37. The highest BCUT2D eigenvalue weighted by Crippen LogP contribution is 2.32. The monoisotopic (exact) mass is 323 g/mol. The first kappa shape index (κ1) is 15.2. The molecule has 5 heteroatoms. The second-order valence-corrected chi connectivity index (χ2v) is 6.70. The number of amides is 1. The Labute approximate surface area is 141 Å². The fraction of sp³-hybridized carbons (Fsp3) is 0.474. The van der Waals surface area contributed by atoms with Crippen LogP contribution in [-0.2, 0) is 0 Å². The van der Waals surface area contributed by atoms with Crippen molar-refractivity contribution in [3.05, 3.63) is 29.8 Å². The Morgan fingerprint density at radius 3 is 2.92 bits per heavy atom. The van der Waals surface area contributed by atoms with Gasteiger partial charge < -0.3 is 9.73 Å². The van der Waals surface area contributed by atoms with E-state index in [0.29, 0.717) is 23.2 Å². The molecule has 1 amide bonds. The Morgan fingerprint density at radius 1 is 1.42 bits per heavy atom. The molecule has 2 aromatic heterocycles. The van der Waals surface area contributed by atoms with E-state index >= 15 is 0 Å². The predicted octanol–water partition coefficient (Wildman–Crippen LogP) is 2.41. The summed E-state index contributed by atoms with van der Waals surface area (Å²) in [7, 11) is 0. The smallest absolute Gasteiger partial charge is 0.270 e. The Morgan fingerprint density at radius 2 is 2.21 bits per heavy atom. The van der Waals surface area contributed by atoms with Crippen LogP contribution in [0.5, 0.6) is 0 Å². The normalized spacial score (nSPS) is 28.4. The van der Waals surface area contributed by atoms with Gasteiger partial charge >= 0.3 is 0 Å². The minimum atomic E-state index is -0.112. The van der Waals surface area contributed by atoms with E-state index in [0.717, 1.165) is 24.0 Å². The molecule has 24 heavy (non-hydrogen) atoms. The summed E-state index contributed by atoms with van der Waals surface area (Å²) in [6.45, 7) is 6.29. The summed E-state index contributed by atoms with van der Waals surface area (Å²) < 4.78 is 5.44. The Kier molecular flexibility index (Phi) is 3.78. The molecule has 2 atom stereocenters. The van der Waals surface area contributed by atoms with E-state index in [1.165, 1.54) is 12.8 Å².